The average molecular weight is 352 g/mol. The Hall–Kier alpha value is -2.89. The second kappa shape index (κ2) is 7.15. The lowest BCUT2D eigenvalue weighted by Crippen LogP contribution is -2.31. The Morgan fingerprint density at radius 3 is 2.58 bits per heavy atom. The number of likely N-dealkylation sites (N-methyl/N-ethyl adjacent to an activating group) is 1. The van der Waals surface area contributed by atoms with Crippen LogP contribution in [0, 0.1) is 20.8 Å². The maximum absolute atomic E-state index is 13.0. The average Bonchev–Trinajstić information content (AvgIpc) is 2.89. The van der Waals surface area contributed by atoms with Gasteiger partial charge < -0.3 is 9.64 Å². The number of carbonyl (C=O) groups is 1. The van der Waals surface area contributed by atoms with Gasteiger partial charge >= 0.3 is 0 Å². The molecule has 0 atom stereocenters. The Morgan fingerprint density at radius 1 is 1.19 bits per heavy atom. The molecule has 1 amide bonds. The fourth-order valence-corrected chi connectivity index (χ4v) is 2.98. The summed E-state index contributed by atoms with van der Waals surface area (Å²) in [6.45, 7) is 6.75. The van der Waals surface area contributed by atoms with Crippen molar-refractivity contribution in [1.82, 2.24) is 19.7 Å². The molecule has 6 heteroatoms. The summed E-state index contributed by atoms with van der Waals surface area (Å²) in [6.07, 6.45) is 0. The number of amides is 1. The smallest absolute Gasteiger partial charge is 0.254 e. The van der Waals surface area contributed by atoms with Gasteiger partial charge in [0.05, 0.1) is 23.2 Å². The van der Waals surface area contributed by atoms with Crippen LogP contribution >= 0.6 is 0 Å². The van der Waals surface area contributed by atoms with Crippen LogP contribution in [0.4, 0.5) is 0 Å². The number of aryl methyl sites for hydroxylation is 4. The van der Waals surface area contributed by atoms with Crippen molar-refractivity contribution < 1.29 is 9.53 Å². The molecule has 0 bridgehead atoms. The van der Waals surface area contributed by atoms with Crippen molar-refractivity contribution in [2.24, 2.45) is 7.05 Å². The fourth-order valence-electron chi connectivity index (χ4n) is 2.98. The Kier molecular flexibility index (Phi) is 4.93. The van der Waals surface area contributed by atoms with E-state index in [1.54, 1.807) is 16.6 Å². The van der Waals surface area contributed by atoms with E-state index in [4.69, 9.17) is 4.74 Å². The van der Waals surface area contributed by atoms with E-state index in [1.807, 2.05) is 58.2 Å². The third-order valence-electron chi connectivity index (χ3n) is 4.39. The van der Waals surface area contributed by atoms with Gasteiger partial charge in [-0.05, 0) is 39.0 Å². The molecule has 0 aliphatic heterocycles. The molecule has 26 heavy (non-hydrogen) atoms. The highest BCUT2D eigenvalue weighted by molar-refractivity contribution is 6.06. The maximum Gasteiger partial charge on any atom is 0.254 e. The molecule has 0 N–H and O–H groups in total. The second-order valence-corrected chi connectivity index (χ2v) is 6.61. The van der Waals surface area contributed by atoms with Gasteiger partial charge in [0.1, 0.15) is 12.4 Å². The Bertz CT molecular complexity index is 945. The molecule has 3 aromatic rings. The molecule has 0 fully saturated rings. The molecule has 1 aromatic carbocycles. The minimum absolute atomic E-state index is 0.0518. The van der Waals surface area contributed by atoms with Gasteiger partial charge in [0, 0.05) is 19.8 Å². The van der Waals surface area contributed by atoms with E-state index in [9.17, 15) is 4.79 Å². The summed E-state index contributed by atoms with van der Waals surface area (Å²) in [5.74, 6) is 0.755. The Balaban J connectivity index is 1.74. The van der Waals surface area contributed by atoms with Crippen LogP contribution < -0.4 is 4.74 Å². The van der Waals surface area contributed by atoms with Gasteiger partial charge in [-0.2, -0.15) is 5.10 Å². The number of hydrogen-bond donors (Lipinski definition) is 0. The molecular weight excluding hydrogens is 328 g/mol. The Labute approximate surface area is 153 Å². The summed E-state index contributed by atoms with van der Waals surface area (Å²) in [6, 6.07) is 9.71. The first-order chi connectivity index (χ1) is 12.4. The molecule has 0 unspecified atom stereocenters. The third kappa shape index (κ3) is 3.54. The van der Waals surface area contributed by atoms with E-state index in [1.165, 1.54) is 5.56 Å². The highest BCUT2D eigenvalue weighted by Crippen LogP contribution is 2.22. The topological polar surface area (TPSA) is 60.2 Å². The van der Waals surface area contributed by atoms with E-state index >= 15 is 0 Å². The van der Waals surface area contributed by atoms with Gasteiger partial charge in [0.15, 0.2) is 5.65 Å². The second-order valence-electron chi connectivity index (χ2n) is 6.61. The molecule has 0 aliphatic carbocycles. The molecule has 3 rings (SSSR count). The minimum Gasteiger partial charge on any atom is -0.492 e. The van der Waals surface area contributed by atoms with Crippen molar-refractivity contribution in [1.29, 1.82) is 0 Å². The van der Waals surface area contributed by atoms with Crippen molar-refractivity contribution in [3.8, 4) is 5.75 Å². The predicted octanol–water partition coefficient (Wildman–Crippen LogP) is 3.04. The van der Waals surface area contributed by atoms with Crippen molar-refractivity contribution in [2.45, 2.75) is 20.8 Å². The lowest BCUT2D eigenvalue weighted by Gasteiger charge is -2.18. The molecule has 6 nitrogen and oxygen atoms in total. The molecule has 0 radical (unpaired) electrons. The van der Waals surface area contributed by atoms with Crippen molar-refractivity contribution >= 4 is 16.9 Å². The molecule has 0 saturated heterocycles. The van der Waals surface area contributed by atoms with Gasteiger partial charge in [0.2, 0.25) is 0 Å². The van der Waals surface area contributed by atoms with Crippen LogP contribution in [0.15, 0.2) is 30.3 Å². The summed E-state index contributed by atoms with van der Waals surface area (Å²) >= 11 is 0. The number of benzene rings is 1. The minimum atomic E-state index is -0.0518. The van der Waals surface area contributed by atoms with Crippen molar-refractivity contribution in [3.05, 3.63) is 52.8 Å². The zero-order valence-corrected chi connectivity index (χ0v) is 15.9. The molecule has 2 aromatic heterocycles. The lowest BCUT2D eigenvalue weighted by atomic mass is 10.1. The number of nitrogens with zero attached hydrogens (tertiary/aromatic N) is 4. The molecule has 2 heterocycles. The largest absolute Gasteiger partial charge is 0.492 e. The van der Waals surface area contributed by atoms with E-state index < -0.39 is 0 Å². The highest BCUT2D eigenvalue weighted by Gasteiger charge is 2.20. The van der Waals surface area contributed by atoms with Gasteiger partial charge in [-0.15, -0.1) is 0 Å². The van der Waals surface area contributed by atoms with Crippen LogP contribution in [-0.2, 0) is 7.05 Å². The standard InChI is InChI=1S/C20H24N4O2/c1-13-6-8-16(9-7-13)26-11-10-23(4)20(25)17-12-14(2)21-19-18(17)15(3)22-24(19)5/h6-9,12H,10-11H2,1-5H3. The van der Waals surface area contributed by atoms with E-state index in [0.717, 1.165) is 28.2 Å². The first-order valence-electron chi connectivity index (χ1n) is 8.62. The molecule has 0 saturated carbocycles. The lowest BCUT2D eigenvalue weighted by molar-refractivity contribution is 0.0775. The number of pyridine rings is 1. The monoisotopic (exact) mass is 352 g/mol. The summed E-state index contributed by atoms with van der Waals surface area (Å²) in [7, 11) is 3.63. The van der Waals surface area contributed by atoms with Gasteiger partial charge in [0.25, 0.3) is 5.91 Å². The number of fused-ring (bicyclic) bond motifs is 1. The number of carbonyl (C=O) groups excluding carboxylic acids is 1. The van der Waals surface area contributed by atoms with Crippen LogP contribution in [0.2, 0.25) is 0 Å². The van der Waals surface area contributed by atoms with Gasteiger partial charge in [-0.25, -0.2) is 4.98 Å². The predicted molar refractivity (Wildman–Crippen MR) is 102 cm³/mol. The first-order valence-corrected chi connectivity index (χ1v) is 8.62. The third-order valence-corrected chi connectivity index (χ3v) is 4.39. The summed E-state index contributed by atoms with van der Waals surface area (Å²) in [4.78, 5) is 19.2. The molecule has 136 valence electrons. The number of aromatic nitrogens is 3. The van der Waals surface area contributed by atoms with Crippen LogP contribution in [0.5, 0.6) is 5.75 Å². The summed E-state index contributed by atoms with van der Waals surface area (Å²) in [5.41, 5.74) is 4.16. The van der Waals surface area contributed by atoms with Crippen LogP contribution in [-0.4, -0.2) is 45.8 Å². The number of ether oxygens (including phenoxy) is 1. The quantitative estimate of drug-likeness (QED) is 0.708. The van der Waals surface area contributed by atoms with Gasteiger partial charge in [-0.1, -0.05) is 17.7 Å². The van der Waals surface area contributed by atoms with E-state index in [2.05, 4.69) is 10.1 Å². The summed E-state index contributed by atoms with van der Waals surface area (Å²) in [5, 5.41) is 5.22. The normalized spacial score (nSPS) is 11.0. The van der Waals surface area contributed by atoms with Crippen LogP contribution in [0.3, 0.4) is 0 Å². The first kappa shape index (κ1) is 17.9. The van der Waals surface area contributed by atoms with Crippen molar-refractivity contribution in [2.75, 3.05) is 20.2 Å². The van der Waals surface area contributed by atoms with Crippen LogP contribution in [0.1, 0.15) is 27.3 Å². The molecule has 0 spiro atoms. The zero-order chi connectivity index (χ0) is 18.8. The number of hydrogen-bond acceptors (Lipinski definition) is 4. The van der Waals surface area contributed by atoms with Crippen molar-refractivity contribution in [3.63, 3.8) is 0 Å². The summed E-state index contributed by atoms with van der Waals surface area (Å²) < 4.78 is 7.45. The van der Waals surface area contributed by atoms with Gasteiger partial charge in [-0.3, -0.25) is 9.48 Å². The maximum atomic E-state index is 13.0. The highest BCUT2D eigenvalue weighted by atomic mass is 16.5. The number of rotatable bonds is 5. The SMILES string of the molecule is Cc1ccc(OCCN(C)C(=O)c2cc(C)nc3c2c(C)nn3C)cc1. The van der Waals surface area contributed by atoms with E-state index in [0.29, 0.717) is 18.7 Å². The molecular formula is C20H24N4O2. The zero-order valence-electron chi connectivity index (χ0n) is 15.9. The molecule has 0 aliphatic rings. The fraction of sp³-hybridized carbons (Fsp3) is 0.350. The van der Waals surface area contributed by atoms with Crippen LogP contribution in [0.25, 0.3) is 11.0 Å². The van der Waals surface area contributed by atoms with E-state index in [-0.39, 0.29) is 5.91 Å². The Morgan fingerprint density at radius 2 is 1.88 bits per heavy atom.